The highest BCUT2D eigenvalue weighted by molar-refractivity contribution is 5.98. The Kier molecular flexibility index (Phi) is 8.15. The molecule has 1 saturated heterocycles. The topological polar surface area (TPSA) is 67.4 Å². The lowest BCUT2D eigenvalue weighted by molar-refractivity contribution is -0.122. The average molecular weight is 359 g/mol. The molecule has 1 amide bonds. The molecule has 2 N–H and O–H groups in total. The third-order valence-electron chi connectivity index (χ3n) is 4.16. The molecule has 24 heavy (non-hydrogen) atoms. The molecule has 2 unspecified atom stereocenters. The summed E-state index contributed by atoms with van der Waals surface area (Å²) < 4.78 is 18.4. The minimum Gasteiger partial charge on any atom is -0.494 e. The number of ether oxygens (including phenoxy) is 1. The van der Waals surface area contributed by atoms with Crippen LogP contribution in [0.1, 0.15) is 43.0 Å². The molecular weight excluding hydrogens is 335 g/mol. The van der Waals surface area contributed by atoms with Crippen LogP contribution in [0.5, 0.6) is 5.75 Å². The summed E-state index contributed by atoms with van der Waals surface area (Å²) in [6.45, 7) is 3.00. The molecule has 0 aromatic heterocycles. The van der Waals surface area contributed by atoms with Gasteiger partial charge < -0.3 is 15.4 Å². The number of methoxy groups -OCH3 is 1. The predicted molar refractivity (Wildman–Crippen MR) is 92.4 cm³/mol. The Morgan fingerprint density at radius 1 is 1.38 bits per heavy atom. The fraction of sp³-hybridized carbons (Fsp3) is 0.529. The number of carbonyl (C=O) groups excluding carboxylic acids is 2. The normalized spacial score (nSPS) is 20.0. The number of halogens is 2. The van der Waals surface area contributed by atoms with Gasteiger partial charge in [0.15, 0.2) is 17.3 Å². The maximum Gasteiger partial charge on any atom is 0.220 e. The van der Waals surface area contributed by atoms with Crippen molar-refractivity contribution in [3.8, 4) is 5.75 Å². The van der Waals surface area contributed by atoms with E-state index in [1.54, 1.807) is 0 Å². The van der Waals surface area contributed by atoms with Gasteiger partial charge in [-0.2, -0.15) is 0 Å². The molecular formula is C17H24ClFN2O3. The number of Topliss-reactive ketones (excluding diaryl/α,β-unsaturated/α-hetero) is 1. The molecule has 0 bridgehead atoms. The maximum absolute atomic E-state index is 13.6. The third kappa shape index (κ3) is 5.46. The van der Waals surface area contributed by atoms with Crippen molar-refractivity contribution in [1.82, 2.24) is 10.6 Å². The number of hydrogen-bond acceptors (Lipinski definition) is 4. The summed E-state index contributed by atoms with van der Waals surface area (Å²) >= 11 is 0. The van der Waals surface area contributed by atoms with Gasteiger partial charge in [-0.3, -0.25) is 9.59 Å². The zero-order chi connectivity index (χ0) is 16.8. The number of nitrogens with one attached hydrogen (secondary N) is 2. The number of amides is 1. The van der Waals surface area contributed by atoms with Crippen LogP contribution in [0.4, 0.5) is 4.39 Å². The van der Waals surface area contributed by atoms with Gasteiger partial charge in [0, 0.05) is 30.5 Å². The number of ketones is 1. The number of carbonyl (C=O) groups is 2. The van der Waals surface area contributed by atoms with Crippen LogP contribution in [0, 0.1) is 5.82 Å². The predicted octanol–water partition coefficient (Wildman–Crippen LogP) is 2.48. The second-order valence-electron chi connectivity index (χ2n) is 5.83. The summed E-state index contributed by atoms with van der Waals surface area (Å²) in [7, 11) is 1.37. The van der Waals surface area contributed by atoms with Crippen molar-refractivity contribution in [2.75, 3.05) is 13.7 Å². The lowest BCUT2D eigenvalue weighted by Crippen LogP contribution is -2.51. The van der Waals surface area contributed by atoms with Crippen molar-refractivity contribution in [3.05, 3.63) is 29.6 Å². The van der Waals surface area contributed by atoms with Crippen molar-refractivity contribution >= 4 is 24.1 Å². The largest absolute Gasteiger partial charge is 0.494 e. The molecule has 134 valence electrons. The molecule has 5 nitrogen and oxygen atoms in total. The highest BCUT2D eigenvalue weighted by Gasteiger charge is 2.22. The van der Waals surface area contributed by atoms with Crippen LogP contribution in [0.15, 0.2) is 18.2 Å². The summed E-state index contributed by atoms with van der Waals surface area (Å²) in [6, 6.07) is 4.41. The number of benzene rings is 1. The summed E-state index contributed by atoms with van der Waals surface area (Å²) in [5, 5.41) is 6.27. The van der Waals surface area contributed by atoms with E-state index in [2.05, 4.69) is 10.6 Å². The van der Waals surface area contributed by atoms with Gasteiger partial charge in [0.05, 0.1) is 7.11 Å². The van der Waals surface area contributed by atoms with Gasteiger partial charge in [-0.1, -0.05) is 0 Å². The molecule has 0 aliphatic carbocycles. The highest BCUT2D eigenvalue weighted by atomic mass is 35.5. The summed E-state index contributed by atoms with van der Waals surface area (Å²) in [5.74, 6) is -0.882. The van der Waals surface area contributed by atoms with Crippen molar-refractivity contribution in [2.45, 2.75) is 44.7 Å². The van der Waals surface area contributed by atoms with Gasteiger partial charge >= 0.3 is 0 Å². The van der Waals surface area contributed by atoms with E-state index in [0.29, 0.717) is 0 Å². The Balaban J connectivity index is 0.00000288. The fourth-order valence-corrected chi connectivity index (χ4v) is 2.73. The Hall–Kier alpha value is -1.66. The van der Waals surface area contributed by atoms with Crippen molar-refractivity contribution < 1.29 is 18.7 Å². The van der Waals surface area contributed by atoms with Crippen LogP contribution in [-0.4, -0.2) is 37.4 Å². The Morgan fingerprint density at radius 2 is 2.12 bits per heavy atom. The Morgan fingerprint density at radius 3 is 2.75 bits per heavy atom. The van der Waals surface area contributed by atoms with E-state index >= 15 is 0 Å². The molecule has 0 radical (unpaired) electrons. The highest BCUT2D eigenvalue weighted by Crippen LogP contribution is 2.19. The van der Waals surface area contributed by atoms with Crippen LogP contribution < -0.4 is 15.4 Å². The lowest BCUT2D eigenvalue weighted by Gasteiger charge is -2.30. The van der Waals surface area contributed by atoms with E-state index in [4.69, 9.17) is 4.74 Å². The van der Waals surface area contributed by atoms with Gasteiger partial charge in [-0.05, 0) is 44.5 Å². The molecule has 1 fully saturated rings. The Labute approximate surface area is 147 Å². The molecule has 1 aliphatic heterocycles. The van der Waals surface area contributed by atoms with Crippen LogP contribution in [0.2, 0.25) is 0 Å². The standard InChI is InChI=1S/C17H23FN2O3.ClH/c1-11-14(4-3-9-19-11)20-17(22)8-6-15(21)12-5-7-16(23-2)13(18)10-12;/h5,7,10-11,14,19H,3-4,6,8-9H2,1-2H3,(H,20,22);1H. The molecule has 0 spiro atoms. The van der Waals surface area contributed by atoms with Crippen LogP contribution in [0.3, 0.4) is 0 Å². The van der Waals surface area contributed by atoms with Crippen LogP contribution >= 0.6 is 12.4 Å². The fourth-order valence-electron chi connectivity index (χ4n) is 2.73. The van der Waals surface area contributed by atoms with Crippen LogP contribution in [-0.2, 0) is 4.79 Å². The van der Waals surface area contributed by atoms with Gasteiger partial charge in [-0.25, -0.2) is 4.39 Å². The van der Waals surface area contributed by atoms with Crippen molar-refractivity contribution in [3.63, 3.8) is 0 Å². The average Bonchev–Trinajstić information content (AvgIpc) is 2.54. The summed E-state index contributed by atoms with van der Waals surface area (Å²) in [5.41, 5.74) is 0.254. The summed E-state index contributed by atoms with van der Waals surface area (Å²) in [6.07, 6.45) is 2.14. The second kappa shape index (κ2) is 9.59. The van der Waals surface area contributed by atoms with Gasteiger partial charge in [0.1, 0.15) is 0 Å². The molecule has 0 saturated carbocycles. The second-order valence-corrected chi connectivity index (χ2v) is 5.83. The van der Waals surface area contributed by atoms with E-state index in [1.165, 1.54) is 19.2 Å². The van der Waals surface area contributed by atoms with Crippen LogP contribution in [0.25, 0.3) is 0 Å². The molecule has 2 rings (SSSR count). The lowest BCUT2D eigenvalue weighted by atomic mass is 9.99. The van der Waals surface area contributed by atoms with Gasteiger partial charge in [0.25, 0.3) is 0 Å². The van der Waals surface area contributed by atoms with Gasteiger partial charge in [0.2, 0.25) is 5.91 Å². The first kappa shape index (κ1) is 20.4. The first-order valence-corrected chi connectivity index (χ1v) is 7.90. The smallest absolute Gasteiger partial charge is 0.220 e. The Bertz CT molecular complexity index is 583. The third-order valence-corrected chi connectivity index (χ3v) is 4.16. The molecule has 1 aromatic rings. The van der Waals surface area contributed by atoms with E-state index in [1.807, 2.05) is 6.92 Å². The monoisotopic (exact) mass is 358 g/mol. The number of rotatable bonds is 6. The minimum atomic E-state index is -0.579. The molecule has 7 heteroatoms. The van der Waals surface area contributed by atoms with Gasteiger partial charge in [-0.15, -0.1) is 12.4 Å². The maximum atomic E-state index is 13.6. The first-order chi connectivity index (χ1) is 11.0. The number of hydrogen-bond donors (Lipinski definition) is 2. The zero-order valence-electron chi connectivity index (χ0n) is 13.9. The molecule has 1 heterocycles. The quantitative estimate of drug-likeness (QED) is 0.767. The van der Waals surface area contributed by atoms with E-state index in [0.717, 1.165) is 25.5 Å². The first-order valence-electron chi connectivity index (χ1n) is 7.90. The molecule has 1 aromatic carbocycles. The molecule has 1 aliphatic rings. The van der Waals surface area contributed by atoms with E-state index < -0.39 is 5.82 Å². The van der Waals surface area contributed by atoms with E-state index in [-0.39, 0.29) is 60.3 Å². The zero-order valence-corrected chi connectivity index (χ0v) is 14.7. The summed E-state index contributed by atoms with van der Waals surface area (Å²) in [4.78, 5) is 24.0. The molecule has 2 atom stereocenters. The number of piperidine rings is 1. The van der Waals surface area contributed by atoms with E-state index in [9.17, 15) is 14.0 Å². The SMILES string of the molecule is COc1ccc(C(=O)CCC(=O)NC2CCCNC2C)cc1F.Cl. The van der Waals surface area contributed by atoms with Crippen molar-refractivity contribution in [1.29, 1.82) is 0 Å². The minimum absolute atomic E-state index is 0. The van der Waals surface area contributed by atoms with Crippen molar-refractivity contribution in [2.24, 2.45) is 0 Å².